The average molecular weight is 243 g/mol. The summed E-state index contributed by atoms with van der Waals surface area (Å²) in [6.07, 6.45) is 2.24. The summed E-state index contributed by atoms with van der Waals surface area (Å²) < 4.78 is 0.813. The molecule has 0 spiro atoms. The van der Waals surface area contributed by atoms with Crippen molar-refractivity contribution in [1.82, 2.24) is 0 Å². The van der Waals surface area contributed by atoms with Crippen LogP contribution in [0.3, 0.4) is 0 Å². The van der Waals surface area contributed by atoms with Gasteiger partial charge in [-0.1, -0.05) is 46.3 Å². The quantitative estimate of drug-likeness (QED) is 0.638. The molecule has 0 aliphatic carbocycles. The molecule has 0 atom stereocenters. The second-order valence-corrected chi connectivity index (χ2v) is 2.87. The van der Waals surface area contributed by atoms with E-state index in [9.17, 15) is 4.79 Å². The minimum Gasteiger partial charge on any atom is -0.400 e. The van der Waals surface area contributed by atoms with Crippen LogP contribution in [0.15, 0.2) is 36.4 Å². The number of aldehydes is 1. The second kappa shape index (κ2) is 7.71. The molecule has 1 N–H and O–H groups in total. The van der Waals surface area contributed by atoms with Crippen molar-refractivity contribution in [3.05, 3.63) is 42.0 Å². The van der Waals surface area contributed by atoms with Crippen LogP contribution in [-0.4, -0.2) is 18.5 Å². The molecule has 0 bridgehead atoms. The molecule has 0 unspecified atom stereocenters. The van der Waals surface area contributed by atoms with E-state index in [2.05, 4.69) is 15.9 Å². The van der Waals surface area contributed by atoms with E-state index >= 15 is 0 Å². The molecular formula is C10H11BrO2. The van der Waals surface area contributed by atoms with Crippen LogP contribution in [0.1, 0.15) is 5.56 Å². The van der Waals surface area contributed by atoms with Crippen LogP contribution in [0, 0.1) is 0 Å². The first kappa shape index (κ1) is 12.1. The van der Waals surface area contributed by atoms with Crippen LogP contribution in [0.5, 0.6) is 0 Å². The number of aliphatic hydroxyl groups is 1. The zero-order valence-corrected chi connectivity index (χ0v) is 8.86. The number of carbonyl (C=O) groups excluding carboxylic acids is 1. The third-order valence-electron chi connectivity index (χ3n) is 1.26. The Morgan fingerprint density at radius 1 is 1.31 bits per heavy atom. The van der Waals surface area contributed by atoms with Crippen molar-refractivity contribution in [1.29, 1.82) is 0 Å². The molecule has 0 saturated heterocycles. The van der Waals surface area contributed by atoms with Crippen LogP contribution >= 0.6 is 15.9 Å². The second-order valence-electron chi connectivity index (χ2n) is 2.02. The van der Waals surface area contributed by atoms with E-state index in [1.54, 1.807) is 0 Å². The molecule has 0 heterocycles. The van der Waals surface area contributed by atoms with Crippen LogP contribution in [0.4, 0.5) is 0 Å². The van der Waals surface area contributed by atoms with Crippen LogP contribution in [0.2, 0.25) is 0 Å². The molecule has 1 rings (SSSR count). The van der Waals surface area contributed by atoms with Gasteiger partial charge in [0.2, 0.25) is 0 Å². The number of hydrogen-bond donors (Lipinski definition) is 1. The van der Waals surface area contributed by atoms with E-state index in [-0.39, 0.29) is 0 Å². The minimum atomic E-state index is 0.761. The van der Waals surface area contributed by atoms with Crippen LogP contribution in [-0.2, 0) is 4.79 Å². The maximum Gasteiger partial charge on any atom is 0.143 e. The van der Waals surface area contributed by atoms with Gasteiger partial charge in [-0.05, 0) is 11.6 Å². The van der Waals surface area contributed by atoms with Crippen LogP contribution in [0.25, 0.3) is 4.48 Å². The number of benzene rings is 1. The van der Waals surface area contributed by atoms with Gasteiger partial charge in [-0.15, -0.1) is 0 Å². The van der Waals surface area contributed by atoms with E-state index in [1.165, 1.54) is 6.08 Å². The summed E-state index contributed by atoms with van der Waals surface area (Å²) >= 11 is 3.28. The molecule has 0 radical (unpaired) electrons. The first-order valence-corrected chi connectivity index (χ1v) is 4.45. The zero-order valence-electron chi connectivity index (χ0n) is 7.27. The maximum atomic E-state index is 10.1. The normalized spacial score (nSPS) is 9.92. The first-order valence-electron chi connectivity index (χ1n) is 3.65. The smallest absolute Gasteiger partial charge is 0.143 e. The molecule has 0 aromatic heterocycles. The fourth-order valence-corrected chi connectivity index (χ4v) is 1.13. The zero-order chi connectivity index (χ0) is 10.1. The van der Waals surface area contributed by atoms with Crippen molar-refractivity contribution in [2.45, 2.75) is 0 Å². The highest BCUT2D eigenvalue weighted by molar-refractivity contribution is 9.15. The van der Waals surface area contributed by atoms with Gasteiger partial charge in [-0.2, -0.15) is 0 Å². The summed E-state index contributed by atoms with van der Waals surface area (Å²) in [6.45, 7) is 0. The van der Waals surface area contributed by atoms with Crippen molar-refractivity contribution < 1.29 is 9.90 Å². The lowest BCUT2D eigenvalue weighted by atomic mass is 10.2. The topological polar surface area (TPSA) is 37.3 Å². The van der Waals surface area contributed by atoms with Gasteiger partial charge < -0.3 is 5.11 Å². The van der Waals surface area contributed by atoms with Gasteiger partial charge in [-0.3, -0.25) is 4.79 Å². The molecule has 0 saturated carbocycles. The van der Waals surface area contributed by atoms with E-state index in [1.807, 2.05) is 30.3 Å². The molecule has 0 aliphatic heterocycles. The van der Waals surface area contributed by atoms with Gasteiger partial charge in [0.15, 0.2) is 0 Å². The third kappa shape index (κ3) is 4.60. The van der Waals surface area contributed by atoms with E-state index in [4.69, 9.17) is 5.11 Å². The Hall–Kier alpha value is -0.930. The van der Waals surface area contributed by atoms with Gasteiger partial charge in [0.05, 0.1) is 0 Å². The van der Waals surface area contributed by atoms with Crippen molar-refractivity contribution in [3.63, 3.8) is 0 Å². The number of aliphatic hydroxyl groups excluding tert-OH is 1. The highest BCUT2D eigenvalue weighted by Crippen LogP contribution is 2.19. The van der Waals surface area contributed by atoms with Gasteiger partial charge in [0, 0.05) is 11.6 Å². The lowest BCUT2D eigenvalue weighted by Crippen LogP contribution is -1.74. The van der Waals surface area contributed by atoms with E-state index in [0.29, 0.717) is 0 Å². The molecular weight excluding hydrogens is 232 g/mol. The number of hydrogen-bond acceptors (Lipinski definition) is 2. The Morgan fingerprint density at radius 2 is 1.85 bits per heavy atom. The molecule has 0 fully saturated rings. The Bertz CT molecular complexity index is 268. The molecule has 2 nitrogen and oxygen atoms in total. The molecule has 3 heteroatoms. The van der Waals surface area contributed by atoms with Gasteiger partial charge in [0.1, 0.15) is 6.29 Å². The summed E-state index contributed by atoms with van der Waals surface area (Å²) in [5.41, 5.74) is 1.01. The lowest BCUT2D eigenvalue weighted by Gasteiger charge is -1.94. The number of rotatable bonds is 2. The highest BCUT2D eigenvalue weighted by Gasteiger charge is 1.92. The number of carbonyl (C=O) groups is 1. The van der Waals surface area contributed by atoms with E-state index < -0.39 is 0 Å². The largest absolute Gasteiger partial charge is 0.400 e. The van der Waals surface area contributed by atoms with Crippen molar-refractivity contribution in [2.24, 2.45) is 0 Å². The van der Waals surface area contributed by atoms with Gasteiger partial charge in [0.25, 0.3) is 0 Å². The fourth-order valence-electron chi connectivity index (χ4n) is 0.753. The molecule has 1 aromatic rings. The SMILES string of the molecule is CO.O=CC=C(Br)c1ccccc1. The highest BCUT2D eigenvalue weighted by atomic mass is 79.9. The lowest BCUT2D eigenvalue weighted by molar-refractivity contribution is -0.104. The number of allylic oxidation sites excluding steroid dienone is 1. The Labute approximate surface area is 86.0 Å². The molecule has 0 amide bonds. The number of halogens is 1. The predicted octanol–water partition coefficient (Wildman–Crippen LogP) is 2.23. The summed E-state index contributed by atoms with van der Waals surface area (Å²) in [6, 6.07) is 9.66. The summed E-state index contributed by atoms with van der Waals surface area (Å²) in [4.78, 5) is 10.1. The Morgan fingerprint density at radius 3 is 2.31 bits per heavy atom. The monoisotopic (exact) mass is 242 g/mol. The minimum absolute atomic E-state index is 0.761. The Kier molecular flexibility index (Phi) is 7.15. The molecule has 1 aromatic carbocycles. The summed E-state index contributed by atoms with van der Waals surface area (Å²) in [7, 11) is 1.00. The molecule has 0 aliphatic rings. The predicted molar refractivity (Wildman–Crippen MR) is 57.6 cm³/mol. The molecule has 13 heavy (non-hydrogen) atoms. The summed E-state index contributed by atoms with van der Waals surface area (Å²) in [5, 5.41) is 7.00. The van der Waals surface area contributed by atoms with Crippen molar-refractivity contribution >= 4 is 26.7 Å². The van der Waals surface area contributed by atoms with Crippen molar-refractivity contribution in [3.8, 4) is 0 Å². The van der Waals surface area contributed by atoms with Gasteiger partial charge in [-0.25, -0.2) is 0 Å². The van der Waals surface area contributed by atoms with E-state index in [0.717, 1.165) is 23.4 Å². The fraction of sp³-hybridized carbons (Fsp3) is 0.100. The standard InChI is InChI=1S/C9H7BrO.CH4O/c10-9(6-7-11)8-4-2-1-3-5-8;1-2/h1-7H;2H,1H3. The third-order valence-corrected chi connectivity index (χ3v) is 1.99. The van der Waals surface area contributed by atoms with Crippen LogP contribution < -0.4 is 0 Å². The molecule has 70 valence electrons. The first-order chi connectivity index (χ1) is 6.34. The summed E-state index contributed by atoms with van der Waals surface area (Å²) in [5.74, 6) is 0. The van der Waals surface area contributed by atoms with Crippen molar-refractivity contribution in [2.75, 3.05) is 7.11 Å². The Balaban J connectivity index is 0.000000671. The van der Waals surface area contributed by atoms with Gasteiger partial charge >= 0.3 is 0 Å². The average Bonchev–Trinajstić information content (AvgIpc) is 2.23. The maximum absolute atomic E-state index is 10.1.